The molecule has 0 radical (unpaired) electrons. The molecule has 10 aromatic rings. The standard InChI is InChI=1S/C58H46N2/c1-4-19-41(20-5-1)42-37-39-46(40-38-42)59(54-34-13-10-27-48(54)51-31-17-24-44-23-16-30-47(57(44)51)43-21-6-2-7-22-43)55-35-14-11-28-49(55)52-32-18-33-53-50-29-12-15-36-56(50)60(58(52)53)45-25-8-3-9-26-45/h1,3-5,8-20,23-40,43H,2,6-7,21-22H2. The van der Waals surface area contributed by atoms with Crippen molar-refractivity contribution in [2.45, 2.75) is 38.0 Å². The SMILES string of the molecule is c1ccc(-c2ccc(N(c3ccccc3-c3cccc4cccc(C5CCCCC5)c34)c3ccccc3-c3cccc4c5ccccc5n(-c5ccccc5)c34)cc2)cc1. The molecule has 9 aromatic carbocycles. The smallest absolute Gasteiger partial charge is 0.0620 e. The fourth-order valence-corrected chi connectivity index (χ4v) is 10.1. The van der Waals surface area contributed by atoms with Crippen molar-refractivity contribution in [3.05, 3.63) is 218 Å². The lowest BCUT2D eigenvalue weighted by molar-refractivity contribution is 0.445. The van der Waals surface area contributed by atoms with E-state index in [0.29, 0.717) is 5.92 Å². The highest BCUT2D eigenvalue weighted by Crippen LogP contribution is 2.49. The second-order valence-corrected chi connectivity index (χ2v) is 16.3. The number of fused-ring (bicyclic) bond motifs is 4. The van der Waals surface area contributed by atoms with Gasteiger partial charge in [-0.25, -0.2) is 0 Å². The third kappa shape index (κ3) is 6.28. The predicted molar refractivity (Wildman–Crippen MR) is 255 cm³/mol. The van der Waals surface area contributed by atoms with Gasteiger partial charge in [-0.15, -0.1) is 0 Å². The molecule has 0 spiro atoms. The van der Waals surface area contributed by atoms with Gasteiger partial charge in [0.05, 0.1) is 22.4 Å². The summed E-state index contributed by atoms with van der Waals surface area (Å²) < 4.78 is 2.45. The van der Waals surface area contributed by atoms with E-state index in [1.165, 1.54) is 104 Å². The maximum absolute atomic E-state index is 2.51. The van der Waals surface area contributed by atoms with Crippen LogP contribution >= 0.6 is 0 Å². The summed E-state index contributed by atoms with van der Waals surface area (Å²) in [6.07, 6.45) is 6.47. The normalized spacial score (nSPS) is 13.3. The quantitative estimate of drug-likeness (QED) is 0.149. The lowest BCUT2D eigenvalue weighted by atomic mass is 9.80. The number of anilines is 3. The van der Waals surface area contributed by atoms with Gasteiger partial charge >= 0.3 is 0 Å². The van der Waals surface area contributed by atoms with Crippen LogP contribution in [-0.2, 0) is 0 Å². The van der Waals surface area contributed by atoms with Crippen LogP contribution in [0.15, 0.2) is 212 Å². The van der Waals surface area contributed by atoms with Gasteiger partial charge in [-0.05, 0) is 94.3 Å². The number of benzene rings is 9. The fourth-order valence-electron chi connectivity index (χ4n) is 10.1. The van der Waals surface area contributed by atoms with Crippen molar-refractivity contribution < 1.29 is 0 Å². The third-order valence-electron chi connectivity index (χ3n) is 12.8. The van der Waals surface area contributed by atoms with Gasteiger partial charge in [-0.1, -0.05) is 189 Å². The van der Waals surface area contributed by atoms with Gasteiger partial charge in [0.15, 0.2) is 0 Å². The summed E-state index contributed by atoms with van der Waals surface area (Å²) in [4.78, 5) is 2.51. The van der Waals surface area contributed by atoms with E-state index in [1.807, 2.05) is 0 Å². The molecule has 1 aromatic heterocycles. The Labute approximate surface area is 352 Å². The Balaban J connectivity index is 1.17. The number of rotatable bonds is 8. The molecule has 0 atom stereocenters. The van der Waals surface area contributed by atoms with Crippen molar-refractivity contribution in [3.8, 4) is 39.1 Å². The van der Waals surface area contributed by atoms with Gasteiger partial charge in [-0.2, -0.15) is 0 Å². The summed E-state index contributed by atoms with van der Waals surface area (Å²) in [5.74, 6) is 0.579. The summed E-state index contributed by atoms with van der Waals surface area (Å²) in [5, 5.41) is 5.19. The highest BCUT2D eigenvalue weighted by molar-refractivity contribution is 6.15. The van der Waals surface area contributed by atoms with Crippen molar-refractivity contribution in [1.29, 1.82) is 0 Å². The Kier molecular flexibility index (Phi) is 9.32. The average molecular weight is 771 g/mol. The predicted octanol–water partition coefficient (Wildman–Crippen LogP) is 16.5. The minimum Gasteiger partial charge on any atom is -0.309 e. The van der Waals surface area contributed by atoms with Crippen LogP contribution in [0.2, 0.25) is 0 Å². The van der Waals surface area contributed by atoms with Crippen LogP contribution in [0, 0.1) is 0 Å². The van der Waals surface area contributed by atoms with Crippen molar-refractivity contribution >= 4 is 49.6 Å². The Morgan fingerprint density at radius 2 is 0.950 bits per heavy atom. The number of aromatic nitrogens is 1. The summed E-state index contributed by atoms with van der Waals surface area (Å²) in [5.41, 5.74) is 15.7. The van der Waals surface area contributed by atoms with Gasteiger partial charge in [0.25, 0.3) is 0 Å². The summed E-state index contributed by atoms with van der Waals surface area (Å²) in [6, 6.07) is 78.2. The number of hydrogen-bond donors (Lipinski definition) is 0. The summed E-state index contributed by atoms with van der Waals surface area (Å²) in [6.45, 7) is 0. The summed E-state index contributed by atoms with van der Waals surface area (Å²) in [7, 11) is 0. The van der Waals surface area contributed by atoms with Gasteiger partial charge in [0.2, 0.25) is 0 Å². The lowest BCUT2D eigenvalue weighted by Gasteiger charge is -2.31. The maximum atomic E-state index is 2.51. The van der Waals surface area contributed by atoms with Crippen LogP contribution in [0.3, 0.4) is 0 Å². The molecule has 0 aliphatic heterocycles. The molecule has 0 saturated heterocycles. The molecule has 0 bridgehead atoms. The maximum Gasteiger partial charge on any atom is 0.0620 e. The number of para-hydroxylation sites is 5. The van der Waals surface area contributed by atoms with Crippen LogP contribution in [0.5, 0.6) is 0 Å². The third-order valence-corrected chi connectivity index (χ3v) is 12.8. The second-order valence-electron chi connectivity index (χ2n) is 16.3. The fraction of sp³-hybridized carbons (Fsp3) is 0.103. The van der Waals surface area contributed by atoms with E-state index >= 15 is 0 Å². The van der Waals surface area contributed by atoms with Crippen molar-refractivity contribution in [2.75, 3.05) is 4.90 Å². The van der Waals surface area contributed by atoms with Crippen LogP contribution in [0.4, 0.5) is 17.1 Å². The van der Waals surface area contributed by atoms with E-state index in [0.717, 1.165) is 22.7 Å². The van der Waals surface area contributed by atoms with E-state index in [2.05, 4.69) is 222 Å². The van der Waals surface area contributed by atoms with Crippen molar-refractivity contribution in [1.82, 2.24) is 4.57 Å². The van der Waals surface area contributed by atoms with E-state index in [1.54, 1.807) is 0 Å². The highest BCUT2D eigenvalue weighted by Gasteiger charge is 2.25. The first-order valence-corrected chi connectivity index (χ1v) is 21.6. The first kappa shape index (κ1) is 36.0. The molecule has 2 heteroatoms. The molecule has 1 aliphatic carbocycles. The first-order chi connectivity index (χ1) is 29.8. The second kappa shape index (κ2) is 15.5. The van der Waals surface area contributed by atoms with Gasteiger partial charge in [0, 0.05) is 38.8 Å². The van der Waals surface area contributed by atoms with Gasteiger partial charge in [-0.3, -0.25) is 0 Å². The van der Waals surface area contributed by atoms with E-state index in [4.69, 9.17) is 0 Å². The molecule has 1 aliphatic rings. The zero-order valence-corrected chi connectivity index (χ0v) is 33.7. The molecule has 2 nitrogen and oxygen atoms in total. The van der Waals surface area contributed by atoms with Crippen LogP contribution < -0.4 is 4.90 Å². The van der Waals surface area contributed by atoms with Crippen molar-refractivity contribution in [3.63, 3.8) is 0 Å². The monoisotopic (exact) mass is 770 g/mol. The molecular weight excluding hydrogens is 725 g/mol. The molecule has 1 saturated carbocycles. The topological polar surface area (TPSA) is 8.17 Å². The Bertz CT molecular complexity index is 3110. The van der Waals surface area contributed by atoms with E-state index in [9.17, 15) is 0 Å². The van der Waals surface area contributed by atoms with E-state index in [-0.39, 0.29) is 0 Å². The molecule has 0 unspecified atom stereocenters. The molecule has 288 valence electrons. The lowest BCUT2D eigenvalue weighted by Crippen LogP contribution is -2.13. The zero-order valence-electron chi connectivity index (χ0n) is 33.7. The van der Waals surface area contributed by atoms with Gasteiger partial charge in [0.1, 0.15) is 0 Å². The largest absolute Gasteiger partial charge is 0.309 e. The number of hydrogen-bond acceptors (Lipinski definition) is 1. The number of nitrogens with zero attached hydrogens (tertiary/aromatic N) is 2. The molecule has 11 rings (SSSR count). The Hall–Kier alpha value is -7.16. The zero-order chi connectivity index (χ0) is 39.8. The van der Waals surface area contributed by atoms with Gasteiger partial charge < -0.3 is 9.47 Å². The molecule has 1 heterocycles. The summed E-state index contributed by atoms with van der Waals surface area (Å²) >= 11 is 0. The minimum atomic E-state index is 0.579. The molecule has 0 N–H and O–H groups in total. The average Bonchev–Trinajstić information content (AvgIpc) is 3.67. The molecule has 60 heavy (non-hydrogen) atoms. The molecule has 0 amide bonds. The van der Waals surface area contributed by atoms with Crippen LogP contribution in [-0.4, -0.2) is 4.57 Å². The Morgan fingerprint density at radius 1 is 0.400 bits per heavy atom. The first-order valence-electron chi connectivity index (χ1n) is 21.6. The van der Waals surface area contributed by atoms with Crippen molar-refractivity contribution in [2.24, 2.45) is 0 Å². The minimum absolute atomic E-state index is 0.579. The van der Waals surface area contributed by atoms with Crippen LogP contribution in [0.1, 0.15) is 43.6 Å². The van der Waals surface area contributed by atoms with E-state index < -0.39 is 0 Å². The molecule has 1 fully saturated rings. The Morgan fingerprint density at radius 3 is 1.70 bits per heavy atom. The molecular formula is C58H46N2. The highest BCUT2D eigenvalue weighted by atomic mass is 15.1. The van der Waals surface area contributed by atoms with Crippen LogP contribution in [0.25, 0.3) is 71.6 Å².